The molecule has 0 heterocycles. The van der Waals surface area contributed by atoms with Gasteiger partial charge in [0.25, 0.3) is 0 Å². The average molecular weight is 228 g/mol. The monoisotopic (exact) mass is 228 g/mol. The van der Waals surface area contributed by atoms with Crippen LogP contribution in [-0.2, 0) is 4.79 Å². The first-order valence-corrected chi connectivity index (χ1v) is 5.90. The van der Waals surface area contributed by atoms with Gasteiger partial charge in [-0.25, -0.2) is 0 Å². The summed E-state index contributed by atoms with van der Waals surface area (Å²) in [5, 5.41) is 2.99. The standard InChI is InChI=1S/C11H20N2OS/c1-7(2)6-8(3)13-10(14)11(4-5-11)9(12)15/h7-8H,4-6H2,1-3H3,(H2,12,15)(H,13,14). The summed E-state index contributed by atoms with van der Waals surface area (Å²) < 4.78 is 0. The topological polar surface area (TPSA) is 55.1 Å². The van der Waals surface area contributed by atoms with Crippen LogP contribution in [0.5, 0.6) is 0 Å². The Bertz CT molecular complexity index is 272. The number of hydrogen-bond acceptors (Lipinski definition) is 2. The van der Waals surface area contributed by atoms with Crippen LogP contribution in [-0.4, -0.2) is 16.9 Å². The number of nitrogens with one attached hydrogen (secondary N) is 1. The van der Waals surface area contributed by atoms with Crippen LogP contribution in [0.1, 0.15) is 40.0 Å². The fraction of sp³-hybridized carbons (Fsp3) is 0.818. The summed E-state index contributed by atoms with van der Waals surface area (Å²) in [7, 11) is 0. The van der Waals surface area contributed by atoms with Crippen LogP contribution in [0.15, 0.2) is 0 Å². The van der Waals surface area contributed by atoms with E-state index in [1.165, 1.54) is 0 Å². The minimum Gasteiger partial charge on any atom is -0.392 e. The lowest BCUT2D eigenvalue weighted by Gasteiger charge is -2.20. The largest absolute Gasteiger partial charge is 0.392 e. The second kappa shape index (κ2) is 4.47. The molecule has 3 N–H and O–H groups in total. The fourth-order valence-electron chi connectivity index (χ4n) is 1.84. The van der Waals surface area contributed by atoms with Gasteiger partial charge in [0.15, 0.2) is 0 Å². The van der Waals surface area contributed by atoms with Crippen LogP contribution in [0, 0.1) is 11.3 Å². The summed E-state index contributed by atoms with van der Waals surface area (Å²) in [6, 6.07) is 0.198. The van der Waals surface area contributed by atoms with E-state index < -0.39 is 5.41 Å². The molecule has 0 bridgehead atoms. The zero-order chi connectivity index (χ0) is 11.6. The number of nitrogens with two attached hydrogens (primary N) is 1. The molecule has 1 aliphatic carbocycles. The molecule has 0 radical (unpaired) electrons. The van der Waals surface area contributed by atoms with Crippen LogP contribution >= 0.6 is 12.2 Å². The van der Waals surface area contributed by atoms with E-state index in [9.17, 15) is 4.79 Å². The molecule has 3 nitrogen and oxygen atoms in total. The van der Waals surface area contributed by atoms with Crippen molar-refractivity contribution >= 4 is 23.1 Å². The van der Waals surface area contributed by atoms with Gasteiger partial charge in [0.1, 0.15) is 0 Å². The van der Waals surface area contributed by atoms with Crippen LogP contribution in [0.3, 0.4) is 0 Å². The summed E-state index contributed by atoms with van der Waals surface area (Å²) in [6.07, 6.45) is 2.60. The van der Waals surface area contributed by atoms with Gasteiger partial charge in [-0.1, -0.05) is 26.1 Å². The Balaban J connectivity index is 2.46. The molecule has 1 atom stereocenters. The van der Waals surface area contributed by atoms with Crippen molar-refractivity contribution in [3.63, 3.8) is 0 Å². The maximum atomic E-state index is 11.9. The zero-order valence-electron chi connectivity index (χ0n) is 9.67. The number of carbonyl (C=O) groups excluding carboxylic acids is 1. The van der Waals surface area contributed by atoms with Crippen LogP contribution in [0.25, 0.3) is 0 Å². The van der Waals surface area contributed by atoms with E-state index in [-0.39, 0.29) is 11.9 Å². The van der Waals surface area contributed by atoms with Gasteiger partial charge < -0.3 is 11.1 Å². The van der Waals surface area contributed by atoms with E-state index >= 15 is 0 Å². The van der Waals surface area contributed by atoms with Crippen molar-refractivity contribution in [2.24, 2.45) is 17.1 Å². The molecule has 1 amide bonds. The molecule has 0 aliphatic heterocycles. The molecule has 0 aromatic heterocycles. The minimum atomic E-state index is -0.513. The molecule has 0 aromatic carbocycles. The van der Waals surface area contributed by atoms with Gasteiger partial charge in [0, 0.05) is 6.04 Å². The molecule has 0 saturated heterocycles. The first-order valence-electron chi connectivity index (χ1n) is 5.49. The number of amides is 1. The Hall–Kier alpha value is -0.640. The van der Waals surface area contributed by atoms with E-state index in [0.29, 0.717) is 10.9 Å². The fourth-order valence-corrected chi connectivity index (χ4v) is 2.14. The summed E-state index contributed by atoms with van der Waals surface area (Å²) in [4.78, 5) is 12.2. The van der Waals surface area contributed by atoms with Crippen molar-refractivity contribution in [1.29, 1.82) is 0 Å². The van der Waals surface area contributed by atoms with E-state index in [2.05, 4.69) is 19.2 Å². The van der Waals surface area contributed by atoms with E-state index in [1.807, 2.05) is 6.92 Å². The summed E-state index contributed by atoms with van der Waals surface area (Å²) in [5.41, 5.74) is 5.07. The third-order valence-electron chi connectivity index (χ3n) is 2.86. The third kappa shape index (κ3) is 2.91. The zero-order valence-corrected chi connectivity index (χ0v) is 10.5. The lowest BCUT2D eigenvalue weighted by molar-refractivity contribution is -0.124. The quantitative estimate of drug-likeness (QED) is 0.703. The first kappa shape index (κ1) is 12.4. The molecule has 0 aromatic rings. The van der Waals surface area contributed by atoms with Gasteiger partial charge in [0.2, 0.25) is 5.91 Å². The molecule has 1 aliphatic rings. The second-order valence-corrected chi connectivity index (χ2v) is 5.39. The molecule has 86 valence electrons. The van der Waals surface area contributed by atoms with Crippen molar-refractivity contribution in [3.8, 4) is 0 Å². The van der Waals surface area contributed by atoms with Gasteiger partial charge in [-0.15, -0.1) is 0 Å². The van der Waals surface area contributed by atoms with Crippen molar-refractivity contribution in [3.05, 3.63) is 0 Å². The van der Waals surface area contributed by atoms with Crippen molar-refractivity contribution in [1.82, 2.24) is 5.32 Å². The Morgan fingerprint density at radius 2 is 2.00 bits per heavy atom. The van der Waals surface area contributed by atoms with Gasteiger partial charge in [-0.05, 0) is 32.1 Å². The molecule has 0 spiro atoms. The molecule has 4 heteroatoms. The van der Waals surface area contributed by atoms with Crippen molar-refractivity contribution < 1.29 is 4.79 Å². The molecular weight excluding hydrogens is 208 g/mol. The van der Waals surface area contributed by atoms with Gasteiger partial charge in [-0.3, -0.25) is 4.79 Å². The number of hydrogen-bond donors (Lipinski definition) is 2. The molecule has 1 fully saturated rings. The van der Waals surface area contributed by atoms with Crippen molar-refractivity contribution in [2.75, 3.05) is 0 Å². The third-order valence-corrected chi connectivity index (χ3v) is 3.25. The number of thiocarbonyl (C=S) groups is 1. The SMILES string of the molecule is CC(C)CC(C)NC(=O)C1(C(N)=S)CC1. The van der Waals surface area contributed by atoms with Gasteiger partial charge in [0.05, 0.1) is 10.4 Å². The summed E-state index contributed by atoms with van der Waals surface area (Å²) >= 11 is 4.93. The maximum absolute atomic E-state index is 11.9. The smallest absolute Gasteiger partial charge is 0.233 e. The van der Waals surface area contributed by atoms with E-state index in [0.717, 1.165) is 19.3 Å². The molecular formula is C11H20N2OS. The predicted molar refractivity (Wildman–Crippen MR) is 65.5 cm³/mol. The molecule has 1 unspecified atom stereocenters. The highest BCUT2D eigenvalue weighted by Crippen LogP contribution is 2.46. The van der Waals surface area contributed by atoms with E-state index in [1.54, 1.807) is 0 Å². The minimum absolute atomic E-state index is 0.0168. The molecule has 1 rings (SSSR count). The van der Waals surface area contributed by atoms with Crippen molar-refractivity contribution in [2.45, 2.75) is 46.1 Å². The molecule has 1 saturated carbocycles. The maximum Gasteiger partial charge on any atom is 0.233 e. The normalized spacial score (nSPS) is 19.7. The Kier molecular flexibility index (Phi) is 3.71. The predicted octanol–water partition coefficient (Wildman–Crippen LogP) is 1.60. The van der Waals surface area contributed by atoms with Crippen LogP contribution in [0.2, 0.25) is 0 Å². The molecule has 15 heavy (non-hydrogen) atoms. The lowest BCUT2D eigenvalue weighted by atomic mass is 10.0. The highest BCUT2D eigenvalue weighted by molar-refractivity contribution is 7.80. The summed E-state index contributed by atoms with van der Waals surface area (Å²) in [6.45, 7) is 6.31. The summed E-state index contributed by atoms with van der Waals surface area (Å²) in [5.74, 6) is 0.600. The average Bonchev–Trinajstić information content (AvgIpc) is 2.80. The van der Waals surface area contributed by atoms with E-state index in [4.69, 9.17) is 18.0 Å². The Labute approximate surface area is 96.8 Å². The number of rotatable bonds is 5. The van der Waals surface area contributed by atoms with Gasteiger partial charge in [-0.2, -0.15) is 0 Å². The Morgan fingerprint density at radius 3 is 2.33 bits per heavy atom. The highest BCUT2D eigenvalue weighted by atomic mass is 32.1. The van der Waals surface area contributed by atoms with Crippen LogP contribution < -0.4 is 11.1 Å². The lowest BCUT2D eigenvalue weighted by Crippen LogP contribution is -2.43. The number of carbonyl (C=O) groups is 1. The first-order chi connectivity index (χ1) is 6.88. The highest BCUT2D eigenvalue weighted by Gasteiger charge is 2.52. The Morgan fingerprint density at radius 1 is 1.47 bits per heavy atom. The second-order valence-electron chi connectivity index (χ2n) is 4.95. The van der Waals surface area contributed by atoms with Gasteiger partial charge >= 0.3 is 0 Å². The van der Waals surface area contributed by atoms with Crippen LogP contribution in [0.4, 0.5) is 0 Å².